The van der Waals surface area contributed by atoms with E-state index in [1.807, 2.05) is 6.92 Å². The molecule has 0 amide bonds. The molecule has 0 unspecified atom stereocenters. The molecular weight excluding hydrogens is 286 g/mol. The summed E-state index contributed by atoms with van der Waals surface area (Å²) in [4.78, 5) is 0.0574. The van der Waals surface area contributed by atoms with E-state index in [-0.39, 0.29) is 10.6 Å². The molecule has 6 heteroatoms. The van der Waals surface area contributed by atoms with Gasteiger partial charge >= 0.3 is 0 Å². The molecule has 0 aliphatic rings. The first-order chi connectivity index (χ1) is 8.88. The zero-order valence-corrected chi connectivity index (χ0v) is 11.7. The Hall–Kier alpha value is -1.72. The summed E-state index contributed by atoms with van der Waals surface area (Å²) < 4.78 is 26.6. The van der Waals surface area contributed by atoms with E-state index in [1.54, 1.807) is 18.2 Å². The van der Waals surface area contributed by atoms with Crippen LogP contribution in [0.2, 0.25) is 5.02 Å². The van der Waals surface area contributed by atoms with Crippen molar-refractivity contribution in [2.24, 2.45) is 0 Å². The van der Waals surface area contributed by atoms with Gasteiger partial charge in [-0.15, -0.1) is 0 Å². The molecule has 2 rings (SSSR count). The number of anilines is 1. The van der Waals surface area contributed by atoms with Gasteiger partial charge < -0.3 is 5.11 Å². The van der Waals surface area contributed by atoms with Gasteiger partial charge in [0.15, 0.2) is 0 Å². The molecule has 4 nitrogen and oxygen atoms in total. The van der Waals surface area contributed by atoms with Gasteiger partial charge in [0.1, 0.15) is 5.75 Å². The highest BCUT2D eigenvalue weighted by Crippen LogP contribution is 2.26. The predicted molar refractivity (Wildman–Crippen MR) is 75.1 cm³/mol. The van der Waals surface area contributed by atoms with Gasteiger partial charge in [-0.05, 0) is 48.9 Å². The van der Waals surface area contributed by atoms with Crippen LogP contribution in [0.4, 0.5) is 5.69 Å². The lowest BCUT2D eigenvalue weighted by molar-refractivity contribution is 0.475. The zero-order chi connectivity index (χ0) is 14.0. The van der Waals surface area contributed by atoms with E-state index >= 15 is 0 Å². The number of phenols is 1. The van der Waals surface area contributed by atoms with E-state index in [0.717, 1.165) is 5.56 Å². The number of phenolic OH excluding ortho intramolecular Hbond substituents is 1. The SMILES string of the molecule is Cc1ccc(NS(=O)(=O)c2ccc(O)cc2)c(Cl)c1. The maximum atomic E-state index is 12.1. The highest BCUT2D eigenvalue weighted by Gasteiger charge is 2.15. The monoisotopic (exact) mass is 297 g/mol. The van der Waals surface area contributed by atoms with Crippen LogP contribution in [0.5, 0.6) is 5.75 Å². The molecule has 0 aliphatic heterocycles. The van der Waals surface area contributed by atoms with Crippen molar-refractivity contribution in [1.82, 2.24) is 0 Å². The molecule has 2 N–H and O–H groups in total. The topological polar surface area (TPSA) is 66.4 Å². The van der Waals surface area contributed by atoms with E-state index in [2.05, 4.69) is 4.72 Å². The summed E-state index contributed by atoms with van der Waals surface area (Å²) in [5.74, 6) is 0.00678. The summed E-state index contributed by atoms with van der Waals surface area (Å²) in [5.41, 5.74) is 1.26. The van der Waals surface area contributed by atoms with Crippen molar-refractivity contribution >= 4 is 27.3 Å². The largest absolute Gasteiger partial charge is 0.508 e. The standard InChI is InChI=1S/C13H12ClNO3S/c1-9-2-7-13(12(14)8-9)15-19(17,18)11-5-3-10(16)4-6-11/h2-8,15-16H,1H3. The molecule has 19 heavy (non-hydrogen) atoms. The fourth-order valence-electron chi connectivity index (χ4n) is 1.53. The number of nitrogens with one attached hydrogen (secondary N) is 1. The molecule has 0 aliphatic carbocycles. The van der Waals surface area contributed by atoms with Crippen molar-refractivity contribution in [3.8, 4) is 5.75 Å². The molecular formula is C13H12ClNO3S. The first kappa shape index (κ1) is 13.7. The van der Waals surface area contributed by atoms with E-state index in [1.165, 1.54) is 24.3 Å². The summed E-state index contributed by atoms with van der Waals surface area (Å²) in [7, 11) is -3.71. The fourth-order valence-corrected chi connectivity index (χ4v) is 2.95. The second-order valence-electron chi connectivity index (χ2n) is 4.08. The van der Waals surface area contributed by atoms with Crippen LogP contribution in [0.3, 0.4) is 0 Å². The summed E-state index contributed by atoms with van der Waals surface area (Å²) in [6.45, 7) is 1.87. The van der Waals surface area contributed by atoms with Crippen LogP contribution in [0.1, 0.15) is 5.56 Å². The predicted octanol–water partition coefficient (Wildman–Crippen LogP) is 3.15. The third-order valence-corrected chi connectivity index (χ3v) is 4.21. The van der Waals surface area contributed by atoms with Crippen LogP contribution in [-0.2, 0) is 10.0 Å². The minimum Gasteiger partial charge on any atom is -0.508 e. The van der Waals surface area contributed by atoms with Gasteiger partial charge in [-0.3, -0.25) is 4.72 Å². The van der Waals surface area contributed by atoms with E-state index in [0.29, 0.717) is 10.7 Å². The van der Waals surface area contributed by atoms with Crippen LogP contribution >= 0.6 is 11.6 Å². The second kappa shape index (κ2) is 5.11. The van der Waals surface area contributed by atoms with Gasteiger partial charge in [-0.25, -0.2) is 8.42 Å². The number of hydrogen-bond donors (Lipinski definition) is 2. The molecule has 0 saturated heterocycles. The maximum absolute atomic E-state index is 12.1. The first-order valence-corrected chi connectivity index (χ1v) is 7.32. The summed E-state index contributed by atoms with van der Waals surface area (Å²) in [6, 6.07) is 10.3. The Bertz CT molecular complexity index is 696. The normalized spacial score (nSPS) is 11.3. The first-order valence-electron chi connectivity index (χ1n) is 5.46. The minimum absolute atomic E-state index is 0.00678. The Morgan fingerprint density at radius 2 is 1.74 bits per heavy atom. The number of benzene rings is 2. The zero-order valence-electron chi connectivity index (χ0n) is 10.1. The molecule has 0 bridgehead atoms. The third-order valence-electron chi connectivity index (χ3n) is 2.52. The van der Waals surface area contributed by atoms with Crippen LogP contribution < -0.4 is 4.72 Å². The number of aromatic hydroxyl groups is 1. The molecule has 0 saturated carbocycles. The Balaban J connectivity index is 2.33. The lowest BCUT2D eigenvalue weighted by atomic mass is 10.2. The molecule has 100 valence electrons. The van der Waals surface area contributed by atoms with Crippen molar-refractivity contribution in [1.29, 1.82) is 0 Å². The Morgan fingerprint density at radius 1 is 1.11 bits per heavy atom. The number of rotatable bonds is 3. The van der Waals surface area contributed by atoms with Gasteiger partial charge in [0.05, 0.1) is 15.6 Å². The van der Waals surface area contributed by atoms with Crippen molar-refractivity contribution < 1.29 is 13.5 Å². The van der Waals surface area contributed by atoms with Gasteiger partial charge in [-0.2, -0.15) is 0 Å². The van der Waals surface area contributed by atoms with Crippen LogP contribution in [-0.4, -0.2) is 13.5 Å². The highest BCUT2D eigenvalue weighted by atomic mass is 35.5. The van der Waals surface area contributed by atoms with Crippen molar-refractivity contribution in [3.05, 3.63) is 53.1 Å². The molecule has 0 aromatic heterocycles. The van der Waals surface area contributed by atoms with Crippen molar-refractivity contribution in [3.63, 3.8) is 0 Å². The van der Waals surface area contributed by atoms with Gasteiger partial charge in [0.2, 0.25) is 0 Å². The van der Waals surface area contributed by atoms with E-state index < -0.39 is 10.0 Å². The minimum atomic E-state index is -3.71. The smallest absolute Gasteiger partial charge is 0.261 e. The molecule has 0 atom stereocenters. The Morgan fingerprint density at radius 3 is 2.32 bits per heavy atom. The van der Waals surface area contributed by atoms with Gasteiger partial charge in [0, 0.05) is 0 Å². The van der Waals surface area contributed by atoms with Gasteiger partial charge in [0.25, 0.3) is 10.0 Å². The van der Waals surface area contributed by atoms with E-state index in [4.69, 9.17) is 16.7 Å². The van der Waals surface area contributed by atoms with Crippen molar-refractivity contribution in [2.75, 3.05) is 4.72 Å². The van der Waals surface area contributed by atoms with Gasteiger partial charge in [-0.1, -0.05) is 17.7 Å². The number of hydrogen-bond acceptors (Lipinski definition) is 3. The van der Waals surface area contributed by atoms with Crippen LogP contribution in [0.25, 0.3) is 0 Å². The molecule has 0 fully saturated rings. The Kier molecular flexibility index (Phi) is 3.68. The third kappa shape index (κ3) is 3.19. The van der Waals surface area contributed by atoms with E-state index in [9.17, 15) is 8.42 Å². The van der Waals surface area contributed by atoms with Crippen molar-refractivity contribution in [2.45, 2.75) is 11.8 Å². The number of halogens is 1. The second-order valence-corrected chi connectivity index (χ2v) is 6.17. The highest BCUT2D eigenvalue weighted by molar-refractivity contribution is 7.92. The maximum Gasteiger partial charge on any atom is 0.261 e. The fraction of sp³-hybridized carbons (Fsp3) is 0.0769. The molecule has 0 heterocycles. The molecule has 0 spiro atoms. The van der Waals surface area contributed by atoms with Crippen LogP contribution in [0.15, 0.2) is 47.4 Å². The summed E-state index contributed by atoms with van der Waals surface area (Å²) in [6.07, 6.45) is 0. The lowest BCUT2D eigenvalue weighted by Gasteiger charge is -2.10. The quantitative estimate of drug-likeness (QED) is 0.914. The number of aryl methyl sites for hydroxylation is 1. The molecule has 0 radical (unpaired) electrons. The Labute approximate surface area is 116 Å². The molecule has 2 aromatic rings. The summed E-state index contributed by atoms with van der Waals surface area (Å²) >= 11 is 5.98. The average molecular weight is 298 g/mol. The summed E-state index contributed by atoms with van der Waals surface area (Å²) in [5, 5.41) is 9.49. The molecule has 2 aromatic carbocycles. The number of sulfonamides is 1. The van der Waals surface area contributed by atoms with Crippen LogP contribution in [0, 0.1) is 6.92 Å². The average Bonchev–Trinajstić information content (AvgIpc) is 2.33. The lowest BCUT2D eigenvalue weighted by Crippen LogP contribution is -2.13.